The van der Waals surface area contributed by atoms with Gasteiger partial charge in [-0.25, -0.2) is 9.90 Å². The van der Waals surface area contributed by atoms with Crippen LogP contribution in [0.15, 0.2) is 12.2 Å². The van der Waals surface area contributed by atoms with E-state index in [4.69, 9.17) is 0 Å². The summed E-state index contributed by atoms with van der Waals surface area (Å²) in [6.45, 7) is 5.33. The molecule has 0 saturated carbocycles. The predicted molar refractivity (Wildman–Crippen MR) is 29.7 cm³/mol. The van der Waals surface area contributed by atoms with Crippen LogP contribution in [0.2, 0.25) is 0 Å². The molecule has 0 aromatic carbocycles. The molecule has 0 heterocycles. The molecule has 0 aliphatic carbocycles. The van der Waals surface area contributed by atoms with E-state index >= 15 is 0 Å². The van der Waals surface area contributed by atoms with Gasteiger partial charge in [-0.15, -0.1) is 6.58 Å². The average Bonchev–Trinajstić information content (AvgIpc) is 1.61. The van der Waals surface area contributed by atoms with Gasteiger partial charge in [-0.2, -0.15) is 0 Å². The van der Waals surface area contributed by atoms with Gasteiger partial charge in [-0.05, 0) is 13.3 Å². The Morgan fingerprint density at radius 3 is 2.12 bits per heavy atom. The summed E-state index contributed by atoms with van der Waals surface area (Å²) in [5, 5.41) is 9.75. The van der Waals surface area contributed by atoms with Crippen molar-refractivity contribution in [3.05, 3.63) is 12.2 Å². The van der Waals surface area contributed by atoms with E-state index in [2.05, 4.69) is 6.58 Å². The molecule has 0 saturated heterocycles. The van der Waals surface area contributed by atoms with Gasteiger partial charge in [-0.3, -0.25) is 0 Å². The lowest BCUT2D eigenvalue weighted by molar-refractivity contribution is -0.143. The first-order valence-corrected chi connectivity index (χ1v) is 2.47. The first-order valence-electron chi connectivity index (χ1n) is 2.47. The summed E-state index contributed by atoms with van der Waals surface area (Å²) < 4.78 is 0. The van der Waals surface area contributed by atoms with E-state index in [0.717, 1.165) is 5.57 Å². The fourth-order valence-electron chi connectivity index (χ4n) is 0.315. The molecule has 0 N–H and O–H groups in total. The van der Waals surface area contributed by atoms with Crippen molar-refractivity contribution < 1.29 is 9.90 Å². The monoisotopic (exact) mass is 113 g/mol. The van der Waals surface area contributed by atoms with E-state index in [1.54, 1.807) is 6.92 Å². The second kappa shape index (κ2) is 3.24. The summed E-state index contributed by atoms with van der Waals surface area (Å²) in [4.78, 5) is 9.75. The molecule has 2 heteroatoms. The maximum atomic E-state index is 9.75. The highest BCUT2D eigenvalue weighted by molar-refractivity contribution is 5.66. The van der Waals surface area contributed by atoms with Gasteiger partial charge in [0.05, 0.1) is 6.42 Å². The van der Waals surface area contributed by atoms with Crippen LogP contribution in [0.4, 0.5) is 0 Å². The topological polar surface area (TPSA) is 37.0 Å². The zero-order chi connectivity index (χ0) is 6.57. The van der Waals surface area contributed by atoms with Crippen molar-refractivity contribution in [2.75, 3.05) is 0 Å². The molecule has 0 aliphatic heterocycles. The normalized spacial score (nSPS) is 8.62. The van der Waals surface area contributed by atoms with Gasteiger partial charge in [0.15, 0.2) is 0 Å². The van der Waals surface area contributed by atoms with Gasteiger partial charge in [0.25, 0.3) is 0 Å². The van der Waals surface area contributed by atoms with Gasteiger partial charge in [0.2, 0.25) is 0 Å². The Morgan fingerprint density at radius 2 is 2.00 bits per heavy atom. The molecule has 8 heavy (non-hydrogen) atoms. The molecule has 1 radical (unpaired) electrons. The first kappa shape index (κ1) is 7.21. The maximum Gasteiger partial charge on any atom is 0.355 e. The van der Waals surface area contributed by atoms with E-state index in [9.17, 15) is 9.90 Å². The van der Waals surface area contributed by atoms with Gasteiger partial charge >= 0.3 is 5.97 Å². The Labute approximate surface area is 48.8 Å². The van der Waals surface area contributed by atoms with Gasteiger partial charge in [-0.1, -0.05) is 5.57 Å². The summed E-state index contributed by atoms with van der Waals surface area (Å²) in [7, 11) is 0. The standard InChI is InChI=1S/C6H9O2/c1-5(2)3-4-6(7)8/h1,3-4H2,2H3. The van der Waals surface area contributed by atoms with E-state index in [1.807, 2.05) is 0 Å². The Bertz CT molecular complexity index is 91.1. The van der Waals surface area contributed by atoms with Crippen molar-refractivity contribution >= 4 is 5.97 Å². The number of allylic oxidation sites excluding steroid dienone is 1. The molecule has 0 amide bonds. The highest BCUT2D eigenvalue weighted by atomic mass is 16.4. The first-order chi connectivity index (χ1) is 3.63. The van der Waals surface area contributed by atoms with Crippen LogP contribution >= 0.6 is 0 Å². The van der Waals surface area contributed by atoms with E-state index in [0.29, 0.717) is 6.42 Å². The van der Waals surface area contributed by atoms with Crippen molar-refractivity contribution in [3.63, 3.8) is 0 Å². The highest BCUT2D eigenvalue weighted by Gasteiger charge is 1.96. The summed E-state index contributed by atoms with van der Waals surface area (Å²) in [5.41, 5.74) is 0.884. The Morgan fingerprint density at radius 1 is 1.50 bits per heavy atom. The fraction of sp³-hybridized carbons (Fsp3) is 0.500. The molecule has 0 atom stereocenters. The van der Waals surface area contributed by atoms with E-state index < -0.39 is 5.97 Å². The lowest BCUT2D eigenvalue weighted by Crippen LogP contribution is -1.90. The second-order valence-electron chi connectivity index (χ2n) is 1.83. The second-order valence-corrected chi connectivity index (χ2v) is 1.83. The average molecular weight is 113 g/mol. The molecular weight excluding hydrogens is 104 g/mol. The largest absolute Gasteiger partial charge is 0.355 e. The van der Waals surface area contributed by atoms with Crippen molar-refractivity contribution in [2.24, 2.45) is 0 Å². The molecule has 0 bridgehead atoms. The molecule has 0 fully saturated rings. The molecule has 45 valence electrons. The third-order valence-electron chi connectivity index (χ3n) is 0.756. The zero-order valence-electron chi connectivity index (χ0n) is 4.94. The Balaban J connectivity index is 3.18. The summed E-state index contributed by atoms with van der Waals surface area (Å²) in [5.74, 6) is -1.01. The molecule has 0 unspecified atom stereocenters. The lowest BCUT2D eigenvalue weighted by Gasteiger charge is -1.88. The minimum atomic E-state index is -1.01. The molecule has 0 aromatic rings. The summed E-state index contributed by atoms with van der Waals surface area (Å²) in [6, 6.07) is 0. The molecular formula is C6H9O2. The van der Waals surface area contributed by atoms with Crippen LogP contribution < -0.4 is 0 Å². The van der Waals surface area contributed by atoms with Crippen LogP contribution in [0.3, 0.4) is 0 Å². The number of hydrogen-bond acceptors (Lipinski definition) is 1. The van der Waals surface area contributed by atoms with Crippen LogP contribution in [0.5, 0.6) is 0 Å². The van der Waals surface area contributed by atoms with Gasteiger partial charge in [0, 0.05) is 0 Å². The summed E-state index contributed by atoms with van der Waals surface area (Å²) in [6.07, 6.45) is 0.623. The van der Waals surface area contributed by atoms with Crippen molar-refractivity contribution in [1.82, 2.24) is 0 Å². The maximum absolute atomic E-state index is 9.75. The number of hydrogen-bond donors (Lipinski definition) is 0. The van der Waals surface area contributed by atoms with Crippen LogP contribution in [0, 0.1) is 0 Å². The molecule has 0 rings (SSSR count). The summed E-state index contributed by atoms with van der Waals surface area (Å²) >= 11 is 0. The minimum absolute atomic E-state index is 0.0926. The molecule has 0 aromatic heterocycles. The van der Waals surface area contributed by atoms with Gasteiger partial charge in [0.1, 0.15) is 0 Å². The molecule has 2 nitrogen and oxygen atoms in total. The number of rotatable bonds is 3. The predicted octanol–water partition coefficient (Wildman–Crippen LogP) is 1.30. The SMILES string of the molecule is C=C(C)CCC([O])=O. The lowest BCUT2D eigenvalue weighted by atomic mass is 10.2. The third-order valence-corrected chi connectivity index (χ3v) is 0.756. The molecule has 0 aliphatic rings. The molecule has 0 spiro atoms. The van der Waals surface area contributed by atoms with E-state index in [1.165, 1.54) is 0 Å². The van der Waals surface area contributed by atoms with Crippen molar-refractivity contribution in [1.29, 1.82) is 0 Å². The van der Waals surface area contributed by atoms with Crippen LogP contribution in [0.25, 0.3) is 0 Å². The van der Waals surface area contributed by atoms with Crippen LogP contribution in [-0.4, -0.2) is 5.97 Å². The Hall–Kier alpha value is -0.790. The smallest absolute Gasteiger partial charge is 0.247 e. The third kappa shape index (κ3) is 5.21. The van der Waals surface area contributed by atoms with Crippen molar-refractivity contribution in [2.45, 2.75) is 19.8 Å². The Kier molecular flexibility index (Phi) is 2.92. The van der Waals surface area contributed by atoms with Crippen LogP contribution in [-0.2, 0) is 9.90 Å². The fourth-order valence-corrected chi connectivity index (χ4v) is 0.315. The van der Waals surface area contributed by atoms with Crippen molar-refractivity contribution in [3.8, 4) is 0 Å². The minimum Gasteiger partial charge on any atom is -0.247 e. The van der Waals surface area contributed by atoms with E-state index in [-0.39, 0.29) is 6.42 Å². The quantitative estimate of drug-likeness (QED) is 0.508. The number of carbonyl (C=O) groups excluding carboxylic acids is 1. The van der Waals surface area contributed by atoms with Gasteiger partial charge < -0.3 is 0 Å². The zero-order valence-corrected chi connectivity index (χ0v) is 4.94. The number of carbonyl (C=O) groups is 1. The highest BCUT2D eigenvalue weighted by Crippen LogP contribution is 1.98. The van der Waals surface area contributed by atoms with Crippen LogP contribution in [0.1, 0.15) is 19.8 Å².